The predicted molar refractivity (Wildman–Crippen MR) is 88.8 cm³/mol. The summed E-state index contributed by atoms with van der Waals surface area (Å²) < 4.78 is 7.35. The van der Waals surface area contributed by atoms with Gasteiger partial charge in [-0.05, 0) is 12.2 Å². The fraction of sp³-hybridized carbons (Fsp3) is 0.571. The Bertz CT molecular complexity index is 743. The second kappa shape index (κ2) is 7.62. The van der Waals surface area contributed by atoms with Crippen molar-refractivity contribution >= 4 is 28.9 Å². The Morgan fingerprint density at radius 1 is 1.40 bits per heavy atom. The first-order chi connectivity index (χ1) is 12.0. The van der Waals surface area contributed by atoms with Crippen molar-refractivity contribution in [3.8, 4) is 0 Å². The molecule has 5 N–H and O–H groups in total. The van der Waals surface area contributed by atoms with Crippen LogP contribution in [-0.4, -0.2) is 76.7 Å². The monoisotopic (exact) mass is 369 g/mol. The number of nitrogens with zero attached hydrogens (tertiary/aromatic N) is 4. The van der Waals surface area contributed by atoms with Gasteiger partial charge in [0.1, 0.15) is 30.1 Å². The lowest BCUT2D eigenvalue weighted by Gasteiger charge is -2.16. The number of aromatic nitrogens is 4. The Kier molecular flexibility index (Phi) is 5.49. The average Bonchev–Trinajstić information content (AvgIpc) is 3.14. The fourth-order valence-corrected chi connectivity index (χ4v) is 3.70. The number of rotatable bonds is 7. The number of thioether (sulfide) groups is 1. The average molecular weight is 369 g/mol. The Balaban J connectivity index is 1.60. The van der Waals surface area contributed by atoms with Crippen LogP contribution in [0.15, 0.2) is 18.9 Å². The molecule has 136 valence electrons. The van der Waals surface area contributed by atoms with Crippen molar-refractivity contribution in [3.63, 3.8) is 0 Å². The first-order valence-corrected chi connectivity index (χ1v) is 8.84. The van der Waals surface area contributed by atoms with Crippen LogP contribution < -0.4 is 5.73 Å². The molecule has 0 aliphatic carbocycles. The number of aliphatic hydroxyl groups excluding tert-OH is 2. The summed E-state index contributed by atoms with van der Waals surface area (Å²) in [6.45, 7) is 0. The summed E-state index contributed by atoms with van der Waals surface area (Å²) in [4.78, 5) is 22.8. The Labute approximate surface area is 147 Å². The van der Waals surface area contributed by atoms with Gasteiger partial charge in [-0.25, -0.2) is 15.0 Å². The van der Waals surface area contributed by atoms with E-state index in [9.17, 15) is 15.0 Å². The van der Waals surface area contributed by atoms with Crippen LogP contribution in [0, 0.1) is 0 Å². The van der Waals surface area contributed by atoms with Crippen LogP contribution in [0.4, 0.5) is 0 Å². The zero-order valence-electron chi connectivity index (χ0n) is 13.2. The van der Waals surface area contributed by atoms with Gasteiger partial charge < -0.3 is 25.8 Å². The van der Waals surface area contributed by atoms with Crippen LogP contribution in [-0.2, 0) is 9.53 Å². The molecule has 1 fully saturated rings. The zero-order valence-corrected chi connectivity index (χ0v) is 14.0. The fourth-order valence-electron chi connectivity index (χ4n) is 2.60. The number of imidazole rings is 1. The number of hydrogen-bond donors (Lipinski definition) is 4. The number of carbonyl (C=O) groups is 1. The normalized spacial score (nSPS) is 27.6. The van der Waals surface area contributed by atoms with Gasteiger partial charge in [0.15, 0.2) is 11.9 Å². The minimum Gasteiger partial charge on any atom is -0.480 e. The molecule has 2 aromatic rings. The summed E-state index contributed by atoms with van der Waals surface area (Å²) >= 11 is 1.41. The molecule has 0 saturated carbocycles. The maximum absolute atomic E-state index is 10.7. The first kappa shape index (κ1) is 18.0. The van der Waals surface area contributed by atoms with Crippen LogP contribution in [0.25, 0.3) is 11.2 Å². The molecule has 0 bridgehead atoms. The molecule has 1 aliphatic heterocycles. The van der Waals surface area contributed by atoms with Crippen LogP contribution in [0.2, 0.25) is 0 Å². The van der Waals surface area contributed by atoms with Gasteiger partial charge in [-0.1, -0.05) is 0 Å². The Morgan fingerprint density at radius 3 is 2.96 bits per heavy atom. The van der Waals surface area contributed by atoms with E-state index in [2.05, 4.69) is 15.0 Å². The number of fused-ring (bicyclic) bond motifs is 1. The third-order valence-electron chi connectivity index (χ3n) is 4.02. The molecule has 2 aromatic heterocycles. The van der Waals surface area contributed by atoms with Crippen LogP contribution >= 0.6 is 11.8 Å². The summed E-state index contributed by atoms with van der Waals surface area (Å²) in [5.74, 6) is -0.118. The molecular weight excluding hydrogens is 350 g/mol. The van der Waals surface area contributed by atoms with Crippen molar-refractivity contribution in [2.24, 2.45) is 5.73 Å². The minimum atomic E-state index is -1.13. The number of ether oxygens (including phenoxy) is 1. The van der Waals surface area contributed by atoms with Gasteiger partial charge in [-0.2, -0.15) is 11.8 Å². The maximum Gasteiger partial charge on any atom is 0.320 e. The third-order valence-corrected chi connectivity index (χ3v) is 5.11. The highest BCUT2D eigenvalue weighted by molar-refractivity contribution is 7.99. The van der Waals surface area contributed by atoms with Gasteiger partial charge in [0, 0.05) is 5.75 Å². The number of hydrogen-bond acceptors (Lipinski definition) is 9. The van der Waals surface area contributed by atoms with Gasteiger partial charge >= 0.3 is 5.97 Å². The largest absolute Gasteiger partial charge is 0.480 e. The Morgan fingerprint density at radius 2 is 2.20 bits per heavy atom. The zero-order chi connectivity index (χ0) is 18.0. The van der Waals surface area contributed by atoms with Gasteiger partial charge in [0.25, 0.3) is 0 Å². The van der Waals surface area contributed by atoms with Crippen molar-refractivity contribution in [2.75, 3.05) is 11.5 Å². The van der Waals surface area contributed by atoms with Crippen molar-refractivity contribution in [1.82, 2.24) is 19.5 Å². The highest BCUT2D eigenvalue weighted by Crippen LogP contribution is 2.32. The molecule has 25 heavy (non-hydrogen) atoms. The van der Waals surface area contributed by atoms with E-state index in [1.54, 1.807) is 10.8 Å². The van der Waals surface area contributed by atoms with E-state index < -0.39 is 36.6 Å². The smallest absolute Gasteiger partial charge is 0.320 e. The predicted octanol–water partition coefficient (Wildman–Crippen LogP) is -1.02. The Hall–Kier alpha value is -1.79. The maximum atomic E-state index is 10.7. The van der Waals surface area contributed by atoms with E-state index >= 15 is 0 Å². The number of carboxylic acids is 1. The van der Waals surface area contributed by atoms with Crippen molar-refractivity contribution in [3.05, 3.63) is 18.9 Å². The number of aliphatic hydroxyl groups is 2. The van der Waals surface area contributed by atoms with Crippen molar-refractivity contribution in [2.45, 2.75) is 37.0 Å². The van der Waals surface area contributed by atoms with Gasteiger partial charge in [-0.15, -0.1) is 0 Å². The molecule has 10 nitrogen and oxygen atoms in total. The van der Waals surface area contributed by atoms with E-state index in [-0.39, 0.29) is 0 Å². The van der Waals surface area contributed by atoms with E-state index in [1.807, 2.05) is 0 Å². The SMILES string of the molecule is NC(CCSCC1OC(n2cnc3cncnc32)C(O)C1O)C(=O)O. The summed E-state index contributed by atoms with van der Waals surface area (Å²) in [6, 6.07) is -0.905. The summed E-state index contributed by atoms with van der Waals surface area (Å²) in [5.41, 5.74) is 6.51. The summed E-state index contributed by atoms with van der Waals surface area (Å²) in [7, 11) is 0. The summed E-state index contributed by atoms with van der Waals surface area (Å²) in [6.07, 6.45) is 1.14. The number of carboxylic acid groups (broad SMARTS) is 1. The van der Waals surface area contributed by atoms with E-state index in [4.69, 9.17) is 15.6 Å². The van der Waals surface area contributed by atoms with Crippen LogP contribution in [0.1, 0.15) is 12.6 Å². The summed E-state index contributed by atoms with van der Waals surface area (Å²) in [5, 5.41) is 29.3. The van der Waals surface area contributed by atoms with Gasteiger partial charge in [0.05, 0.1) is 18.6 Å². The highest BCUT2D eigenvalue weighted by Gasteiger charge is 2.44. The lowest BCUT2D eigenvalue weighted by atomic mass is 10.1. The van der Waals surface area contributed by atoms with Crippen LogP contribution in [0.3, 0.4) is 0 Å². The minimum absolute atomic E-state index is 0.317. The van der Waals surface area contributed by atoms with Gasteiger partial charge in [-0.3, -0.25) is 9.36 Å². The van der Waals surface area contributed by atoms with Crippen molar-refractivity contribution < 1.29 is 24.9 Å². The topological polar surface area (TPSA) is 157 Å². The molecule has 0 spiro atoms. The second-order valence-electron chi connectivity index (χ2n) is 5.74. The van der Waals surface area contributed by atoms with E-state index in [0.717, 1.165) is 0 Å². The number of nitrogens with two attached hydrogens (primary N) is 1. The van der Waals surface area contributed by atoms with Crippen LogP contribution in [0.5, 0.6) is 0 Å². The molecule has 1 saturated heterocycles. The quantitative estimate of drug-likeness (QED) is 0.445. The molecule has 5 unspecified atom stereocenters. The lowest BCUT2D eigenvalue weighted by molar-refractivity contribution is -0.138. The van der Waals surface area contributed by atoms with Gasteiger partial charge in [0.2, 0.25) is 0 Å². The molecular formula is C14H19N5O5S. The molecule has 0 radical (unpaired) electrons. The highest BCUT2D eigenvalue weighted by atomic mass is 32.2. The lowest BCUT2D eigenvalue weighted by Crippen LogP contribution is -2.33. The van der Waals surface area contributed by atoms with Crippen molar-refractivity contribution in [1.29, 1.82) is 0 Å². The third kappa shape index (κ3) is 3.75. The second-order valence-corrected chi connectivity index (χ2v) is 6.89. The molecule has 5 atom stereocenters. The molecule has 0 aromatic carbocycles. The molecule has 11 heteroatoms. The molecule has 1 aliphatic rings. The standard InChI is InChI=1S/C14H19N5O5S/c15-7(14(22)23)1-2-25-4-9-10(20)11(21)13(24-9)19-6-18-8-3-16-5-17-12(8)19/h3,5-7,9-11,13,20-21H,1-2,4,15H2,(H,22,23). The number of aliphatic carboxylic acids is 1. The molecule has 3 rings (SSSR count). The van der Waals surface area contributed by atoms with E-state index in [0.29, 0.717) is 29.1 Å². The van der Waals surface area contributed by atoms with E-state index in [1.165, 1.54) is 24.4 Å². The molecule has 0 amide bonds. The molecule has 3 heterocycles. The first-order valence-electron chi connectivity index (χ1n) is 7.69.